The predicted molar refractivity (Wildman–Crippen MR) is 83.4 cm³/mol. The van der Waals surface area contributed by atoms with E-state index < -0.39 is 0 Å². The average molecular weight is 281 g/mol. The van der Waals surface area contributed by atoms with Gasteiger partial charge in [-0.1, -0.05) is 31.5 Å². The van der Waals surface area contributed by atoms with E-state index in [4.69, 9.17) is 17.3 Å². The summed E-state index contributed by atoms with van der Waals surface area (Å²) < 4.78 is 0. The molecule has 106 valence electrons. The van der Waals surface area contributed by atoms with Gasteiger partial charge in [0.15, 0.2) is 0 Å². The third kappa shape index (κ3) is 3.87. The lowest BCUT2D eigenvalue weighted by Crippen LogP contribution is -2.36. The van der Waals surface area contributed by atoms with E-state index in [9.17, 15) is 0 Å². The Balaban J connectivity index is 1.96. The van der Waals surface area contributed by atoms with Gasteiger partial charge in [-0.25, -0.2) is 0 Å². The van der Waals surface area contributed by atoms with Crippen molar-refractivity contribution in [2.45, 2.75) is 52.1 Å². The van der Waals surface area contributed by atoms with Gasteiger partial charge in [0.25, 0.3) is 0 Å². The first-order valence-electron chi connectivity index (χ1n) is 7.11. The Morgan fingerprint density at radius 1 is 1.32 bits per heavy atom. The molecular formula is C16H25ClN2. The van der Waals surface area contributed by atoms with Crippen LogP contribution in [0.25, 0.3) is 0 Å². The molecule has 0 bridgehead atoms. The molecule has 0 radical (unpaired) electrons. The number of hydrogen-bond acceptors (Lipinski definition) is 2. The molecule has 0 spiro atoms. The van der Waals surface area contributed by atoms with E-state index in [1.807, 2.05) is 18.2 Å². The molecule has 3 heteroatoms. The molecule has 1 aromatic rings. The number of halogens is 1. The van der Waals surface area contributed by atoms with Gasteiger partial charge >= 0.3 is 0 Å². The van der Waals surface area contributed by atoms with Gasteiger partial charge in [-0.2, -0.15) is 0 Å². The monoisotopic (exact) mass is 280 g/mol. The summed E-state index contributed by atoms with van der Waals surface area (Å²) in [7, 11) is 2.20. The Labute approximate surface area is 121 Å². The first-order valence-corrected chi connectivity index (χ1v) is 7.49. The van der Waals surface area contributed by atoms with Crippen LogP contribution in [0.15, 0.2) is 18.2 Å². The summed E-state index contributed by atoms with van der Waals surface area (Å²) in [6.45, 7) is 5.66. The Morgan fingerprint density at radius 2 is 1.95 bits per heavy atom. The fourth-order valence-electron chi connectivity index (χ4n) is 2.91. The number of hydrogen-bond donors (Lipinski definition) is 1. The second-order valence-electron chi connectivity index (χ2n) is 6.66. The van der Waals surface area contributed by atoms with Crippen molar-refractivity contribution in [1.82, 2.24) is 4.90 Å². The van der Waals surface area contributed by atoms with Crippen LogP contribution < -0.4 is 5.73 Å². The molecular weight excluding hydrogens is 256 g/mol. The van der Waals surface area contributed by atoms with Crippen LogP contribution in [0, 0.1) is 5.41 Å². The van der Waals surface area contributed by atoms with Crippen molar-refractivity contribution >= 4 is 17.3 Å². The maximum atomic E-state index is 6.25. The second kappa shape index (κ2) is 5.72. The van der Waals surface area contributed by atoms with Crippen LogP contribution in [0.4, 0.5) is 5.69 Å². The SMILES string of the molecule is CN(Cc1ccc(N)cc1Cl)C1CCC(C)(C)CC1. The molecule has 19 heavy (non-hydrogen) atoms. The Hall–Kier alpha value is -0.730. The smallest absolute Gasteiger partial charge is 0.0471 e. The van der Waals surface area contributed by atoms with Crippen LogP contribution in [0.5, 0.6) is 0 Å². The largest absolute Gasteiger partial charge is 0.399 e. The molecule has 1 fully saturated rings. The standard InChI is InChI=1S/C16H25ClN2/c1-16(2)8-6-14(7-9-16)19(3)11-12-4-5-13(18)10-15(12)17/h4-5,10,14H,6-9,11,18H2,1-3H3. The molecule has 0 atom stereocenters. The van der Waals surface area contributed by atoms with Crippen LogP contribution >= 0.6 is 11.6 Å². The van der Waals surface area contributed by atoms with E-state index in [2.05, 4.69) is 25.8 Å². The zero-order chi connectivity index (χ0) is 14.0. The highest BCUT2D eigenvalue weighted by Gasteiger charge is 2.28. The lowest BCUT2D eigenvalue weighted by atomic mass is 9.75. The fraction of sp³-hybridized carbons (Fsp3) is 0.625. The lowest BCUT2D eigenvalue weighted by Gasteiger charge is -2.38. The lowest BCUT2D eigenvalue weighted by molar-refractivity contribution is 0.123. The van der Waals surface area contributed by atoms with Crippen LogP contribution in [0.2, 0.25) is 5.02 Å². The molecule has 0 heterocycles. The predicted octanol–water partition coefficient (Wildman–Crippen LogP) is 4.32. The highest BCUT2D eigenvalue weighted by atomic mass is 35.5. The van der Waals surface area contributed by atoms with Crippen LogP contribution in [0.3, 0.4) is 0 Å². The first-order chi connectivity index (χ1) is 8.87. The van der Waals surface area contributed by atoms with Crippen molar-refractivity contribution in [3.8, 4) is 0 Å². The summed E-state index contributed by atoms with van der Waals surface area (Å²) in [6.07, 6.45) is 5.21. The third-order valence-electron chi connectivity index (χ3n) is 4.43. The van der Waals surface area contributed by atoms with Crippen molar-refractivity contribution in [2.75, 3.05) is 12.8 Å². The molecule has 0 saturated heterocycles. The van der Waals surface area contributed by atoms with Crippen molar-refractivity contribution < 1.29 is 0 Å². The van der Waals surface area contributed by atoms with Gasteiger partial charge in [0, 0.05) is 23.3 Å². The summed E-state index contributed by atoms with van der Waals surface area (Å²) in [5.74, 6) is 0. The van der Waals surface area contributed by atoms with E-state index in [1.54, 1.807) is 0 Å². The van der Waals surface area contributed by atoms with E-state index in [0.29, 0.717) is 11.5 Å². The maximum Gasteiger partial charge on any atom is 0.0471 e. The van der Waals surface area contributed by atoms with Crippen LogP contribution in [-0.2, 0) is 6.54 Å². The van der Waals surface area contributed by atoms with E-state index in [1.165, 1.54) is 31.2 Å². The van der Waals surface area contributed by atoms with Gasteiger partial charge in [0.2, 0.25) is 0 Å². The van der Waals surface area contributed by atoms with Gasteiger partial charge in [-0.05, 0) is 55.8 Å². The minimum Gasteiger partial charge on any atom is -0.399 e. The summed E-state index contributed by atoms with van der Waals surface area (Å²) in [5, 5.41) is 0.781. The molecule has 0 unspecified atom stereocenters. The van der Waals surface area contributed by atoms with Gasteiger partial charge < -0.3 is 5.73 Å². The topological polar surface area (TPSA) is 29.3 Å². The zero-order valence-electron chi connectivity index (χ0n) is 12.2. The van der Waals surface area contributed by atoms with Gasteiger partial charge in [-0.15, -0.1) is 0 Å². The Morgan fingerprint density at radius 3 is 2.53 bits per heavy atom. The molecule has 0 aromatic heterocycles. The molecule has 0 amide bonds. The minimum atomic E-state index is 0.524. The Kier molecular flexibility index (Phi) is 4.42. The van der Waals surface area contributed by atoms with Crippen LogP contribution in [-0.4, -0.2) is 18.0 Å². The number of nitrogens with two attached hydrogens (primary N) is 1. The number of nitrogens with zero attached hydrogens (tertiary/aromatic N) is 1. The van der Waals surface area contributed by atoms with Gasteiger partial charge in [0.05, 0.1) is 0 Å². The number of nitrogen functional groups attached to an aromatic ring is 1. The Bertz CT molecular complexity index is 432. The number of rotatable bonds is 3. The summed E-state index contributed by atoms with van der Waals surface area (Å²) in [5.41, 5.74) is 8.16. The molecule has 0 aliphatic heterocycles. The molecule has 2 nitrogen and oxygen atoms in total. The second-order valence-corrected chi connectivity index (χ2v) is 7.07. The molecule has 1 aliphatic rings. The highest BCUT2D eigenvalue weighted by Crippen LogP contribution is 2.37. The highest BCUT2D eigenvalue weighted by molar-refractivity contribution is 6.31. The zero-order valence-corrected chi connectivity index (χ0v) is 13.0. The van der Waals surface area contributed by atoms with Gasteiger partial charge in [0.1, 0.15) is 0 Å². The molecule has 1 saturated carbocycles. The number of anilines is 1. The quantitative estimate of drug-likeness (QED) is 0.836. The van der Waals surface area contributed by atoms with Crippen molar-refractivity contribution in [3.63, 3.8) is 0 Å². The van der Waals surface area contributed by atoms with Crippen molar-refractivity contribution in [3.05, 3.63) is 28.8 Å². The van der Waals surface area contributed by atoms with E-state index in [-0.39, 0.29) is 0 Å². The summed E-state index contributed by atoms with van der Waals surface area (Å²) in [6, 6.07) is 6.50. The van der Waals surface area contributed by atoms with Crippen molar-refractivity contribution in [2.24, 2.45) is 5.41 Å². The van der Waals surface area contributed by atoms with Gasteiger partial charge in [-0.3, -0.25) is 4.90 Å². The third-order valence-corrected chi connectivity index (χ3v) is 4.78. The fourth-order valence-corrected chi connectivity index (χ4v) is 3.16. The van der Waals surface area contributed by atoms with Crippen LogP contribution in [0.1, 0.15) is 45.1 Å². The van der Waals surface area contributed by atoms with Crippen molar-refractivity contribution in [1.29, 1.82) is 0 Å². The summed E-state index contributed by atoms with van der Waals surface area (Å²) in [4.78, 5) is 2.44. The van der Waals surface area contributed by atoms with E-state index >= 15 is 0 Å². The molecule has 2 rings (SSSR count). The maximum absolute atomic E-state index is 6.25. The molecule has 2 N–H and O–H groups in total. The summed E-state index contributed by atoms with van der Waals surface area (Å²) >= 11 is 6.25. The first kappa shape index (κ1) is 14.7. The van der Waals surface area contributed by atoms with E-state index in [0.717, 1.165) is 17.3 Å². The average Bonchev–Trinajstić information content (AvgIpc) is 2.32. The minimum absolute atomic E-state index is 0.524. The normalized spacial score (nSPS) is 19.8. The molecule has 1 aliphatic carbocycles. The molecule has 1 aromatic carbocycles. The number of benzene rings is 1.